The molecular weight excluding hydrogens is 321 g/mol. The van der Waals surface area contributed by atoms with Gasteiger partial charge in [0.25, 0.3) is 5.82 Å². The van der Waals surface area contributed by atoms with Crippen LogP contribution in [0.3, 0.4) is 0 Å². The first-order valence-corrected chi connectivity index (χ1v) is 8.71. The molecule has 1 amide bonds. The summed E-state index contributed by atoms with van der Waals surface area (Å²) in [5.74, 6) is 0.164. The van der Waals surface area contributed by atoms with Crippen LogP contribution in [0.4, 0.5) is 18.0 Å². The molecule has 0 bridgehead atoms. The Morgan fingerprint density at radius 2 is 1.71 bits per heavy atom. The van der Waals surface area contributed by atoms with Crippen molar-refractivity contribution in [3.05, 3.63) is 12.2 Å². The quantitative estimate of drug-likeness (QED) is 0.816. The van der Waals surface area contributed by atoms with Crippen molar-refractivity contribution < 1.29 is 18.0 Å². The van der Waals surface area contributed by atoms with Crippen molar-refractivity contribution in [2.45, 2.75) is 57.5 Å². The monoisotopic (exact) mass is 344 g/mol. The second-order valence-corrected chi connectivity index (χ2v) is 6.96. The lowest BCUT2D eigenvalue weighted by Gasteiger charge is -2.34. The number of halogens is 3. The van der Waals surface area contributed by atoms with Crippen molar-refractivity contribution in [3.8, 4) is 0 Å². The van der Waals surface area contributed by atoms with Gasteiger partial charge in [-0.2, -0.15) is 17.9 Å². The summed E-state index contributed by atoms with van der Waals surface area (Å²) < 4.78 is 38.3. The summed E-state index contributed by atoms with van der Waals surface area (Å²) in [4.78, 5) is 17.0. The molecule has 0 N–H and O–H groups in total. The van der Waals surface area contributed by atoms with E-state index in [0.717, 1.165) is 25.1 Å². The Morgan fingerprint density at radius 1 is 1.08 bits per heavy atom. The van der Waals surface area contributed by atoms with Gasteiger partial charge in [-0.05, 0) is 31.1 Å². The molecule has 1 aromatic heterocycles. The van der Waals surface area contributed by atoms with Crippen molar-refractivity contribution in [3.63, 3.8) is 0 Å². The molecule has 1 saturated heterocycles. The van der Waals surface area contributed by atoms with E-state index >= 15 is 0 Å². The average molecular weight is 344 g/mol. The number of amides is 1. The summed E-state index contributed by atoms with van der Waals surface area (Å²) in [5, 5.41) is 3.26. The zero-order chi connectivity index (χ0) is 17.2. The van der Waals surface area contributed by atoms with Crippen LogP contribution in [0.25, 0.3) is 0 Å². The van der Waals surface area contributed by atoms with Crippen molar-refractivity contribution in [2.75, 3.05) is 13.1 Å². The summed E-state index contributed by atoms with van der Waals surface area (Å²) in [6.45, 7) is 1.16. The molecule has 8 heteroatoms. The lowest BCUT2D eigenvalue weighted by Crippen LogP contribution is -2.41. The SMILES string of the molecule is O=C(N1CCC(CC2CCCCC2)CC1)n1cnc(C(F)(F)F)n1. The van der Waals surface area contributed by atoms with Gasteiger partial charge < -0.3 is 4.90 Å². The first kappa shape index (κ1) is 17.2. The highest BCUT2D eigenvalue weighted by Gasteiger charge is 2.37. The van der Waals surface area contributed by atoms with Crippen LogP contribution in [0.1, 0.15) is 57.2 Å². The smallest absolute Gasteiger partial charge is 0.323 e. The van der Waals surface area contributed by atoms with Crippen LogP contribution in [0.5, 0.6) is 0 Å². The Balaban J connectivity index is 1.50. The molecule has 0 spiro atoms. The maximum atomic E-state index is 12.5. The third-order valence-electron chi connectivity index (χ3n) is 5.22. The second-order valence-electron chi connectivity index (χ2n) is 6.96. The predicted octanol–water partition coefficient (Wildman–Crippen LogP) is 3.95. The van der Waals surface area contributed by atoms with E-state index in [-0.39, 0.29) is 0 Å². The van der Waals surface area contributed by atoms with E-state index < -0.39 is 18.0 Å². The molecule has 0 aromatic carbocycles. The number of hydrogen-bond donors (Lipinski definition) is 0. The third kappa shape index (κ3) is 4.08. The zero-order valence-electron chi connectivity index (χ0n) is 13.6. The number of carbonyl (C=O) groups is 1. The summed E-state index contributed by atoms with van der Waals surface area (Å²) in [5.41, 5.74) is 0. The predicted molar refractivity (Wildman–Crippen MR) is 81.3 cm³/mol. The average Bonchev–Trinajstić information content (AvgIpc) is 3.06. The Hall–Kier alpha value is -1.60. The van der Waals surface area contributed by atoms with Crippen LogP contribution >= 0.6 is 0 Å². The van der Waals surface area contributed by atoms with Gasteiger partial charge in [0.05, 0.1) is 0 Å². The van der Waals surface area contributed by atoms with Crippen molar-refractivity contribution in [1.29, 1.82) is 0 Å². The number of carbonyl (C=O) groups excluding carboxylic acids is 1. The van der Waals surface area contributed by atoms with Gasteiger partial charge in [0.15, 0.2) is 0 Å². The topological polar surface area (TPSA) is 51.0 Å². The molecule has 1 aliphatic carbocycles. The third-order valence-corrected chi connectivity index (χ3v) is 5.22. The van der Waals surface area contributed by atoms with E-state index in [4.69, 9.17) is 0 Å². The molecule has 2 fully saturated rings. The van der Waals surface area contributed by atoms with E-state index in [9.17, 15) is 18.0 Å². The Labute approximate surface area is 139 Å². The van der Waals surface area contributed by atoms with Crippen molar-refractivity contribution in [1.82, 2.24) is 19.7 Å². The van der Waals surface area contributed by atoms with Crippen LogP contribution in [0, 0.1) is 11.8 Å². The molecular formula is C16H23F3N4O. The largest absolute Gasteiger partial charge is 0.453 e. The highest BCUT2D eigenvalue weighted by Crippen LogP contribution is 2.33. The molecule has 2 heterocycles. The fourth-order valence-electron chi connectivity index (χ4n) is 3.88. The summed E-state index contributed by atoms with van der Waals surface area (Å²) in [7, 11) is 0. The van der Waals surface area contributed by atoms with Gasteiger partial charge in [0, 0.05) is 13.1 Å². The van der Waals surface area contributed by atoms with E-state index in [1.165, 1.54) is 38.5 Å². The summed E-state index contributed by atoms with van der Waals surface area (Å²) in [6, 6.07) is -0.519. The molecule has 5 nitrogen and oxygen atoms in total. The van der Waals surface area contributed by atoms with Gasteiger partial charge in [-0.25, -0.2) is 9.78 Å². The first-order chi connectivity index (χ1) is 11.4. The number of alkyl halides is 3. The molecule has 24 heavy (non-hydrogen) atoms. The Kier molecular flexibility index (Phi) is 5.10. The first-order valence-electron chi connectivity index (χ1n) is 8.71. The van der Waals surface area contributed by atoms with Crippen LogP contribution < -0.4 is 0 Å². The Bertz CT molecular complexity index is 558. The molecule has 0 atom stereocenters. The fraction of sp³-hybridized carbons (Fsp3) is 0.812. The number of hydrogen-bond acceptors (Lipinski definition) is 3. The van der Waals surface area contributed by atoms with E-state index in [0.29, 0.717) is 23.7 Å². The molecule has 1 aliphatic heterocycles. The number of piperidine rings is 1. The van der Waals surface area contributed by atoms with Gasteiger partial charge in [-0.15, -0.1) is 5.10 Å². The minimum Gasteiger partial charge on any atom is -0.323 e. The maximum Gasteiger partial charge on any atom is 0.453 e. The van der Waals surface area contributed by atoms with Crippen molar-refractivity contribution in [2.24, 2.45) is 11.8 Å². The molecule has 0 unspecified atom stereocenters. The maximum absolute atomic E-state index is 12.5. The fourth-order valence-corrected chi connectivity index (χ4v) is 3.88. The number of likely N-dealkylation sites (tertiary alicyclic amines) is 1. The molecule has 1 aromatic rings. The molecule has 134 valence electrons. The standard InChI is InChI=1S/C16H23F3N4O/c17-16(18,19)14-20-11-23(21-14)15(24)22-8-6-13(7-9-22)10-12-4-2-1-3-5-12/h11-13H,1-10H2. The highest BCUT2D eigenvalue weighted by atomic mass is 19.4. The van der Waals surface area contributed by atoms with Crippen LogP contribution in [0.2, 0.25) is 0 Å². The van der Waals surface area contributed by atoms with E-state index in [1.807, 2.05) is 0 Å². The number of aromatic nitrogens is 3. The van der Waals surface area contributed by atoms with E-state index in [1.54, 1.807) is 4.90 Å². The molecule has 2 aliphatic rings. The molecule has 1 saturated carbocycles. The Morgan fingerprint density at radius 3 is 2.29 bits per heavy atom. The van der Waals surface area contributed by atoms with Gasteiger partial charge in [0.1, 0.15) is 6.33 Å². The van der Waals surface area contributed by atoms with E-state index in [2.05, 4.69) is 10.1 Å². The van der Waals surface area contributed by atoms with Gasteiger partial charge in [-0.3, -0.25) is 0 Å². The second kappa shape index (κ2) is 7.11. The number of rotatable bonds is 2. The summed E-state index contributed by atoms with van der Waals surface area (Å²) >= 11 is 0. The lowest BCUT2D eigenvalue weighted by atomic mass is 9.80. The zero-order valence-corrected chi connectivity index (χ0v) is 13.6. The normalized spacial score (nSPS) is 21.2. The van der Waals surface area contributed by atoms with Gasteiger partial charge in [-0.1, -0.05) is 32.1 Å². The number of nitrogens with zero attached hydrogens (tertiary/aromatic N) is 4. The van der Waals surface area contributed by atoms with Crippen molar-refractivity contribution >= 4 is 6.03 Å². The summed E-state index contributed by atoms with van der Waals surface area (Å²) in [6.07, 6.45) is 5.93. The lowest BCUT2D eigenvalue weighted by molar-refractivity contribution is -0.144. The van der Waals surface area contributed by atoms with Crippen LogP contribution in [-0.4, -0.2) is 38.8 Å². The molecule has 0 radical (unpaired) electrons. The van der Waals surface area contributed by atoms with Gasteiger partial charge in [0.2, 0.25) is 0 Å². The van der Waals surface area contributed by atoms with Crippen LogP contribution in [-0.2, 0) is 6.18 Å². The highest BCUT2D eigenvalue weighted by molar-refractivity contribution is 5.75. The minimum absolute atomic E-state index is 0.519. The van der Waals surface area contributed by atoms with Gasteiger partial charge >= 0.3 is 12.2 Å². The minimum atomic E-state index is -4.63. The van der Waals surface area contributed by atoms with Crippen LogP contribution in [0.15, 0.2) is 6.33 Å². The molecule has 3 rings (SSSR count).